The van der Waals surface area contributed by atoms with Crippen molar-refractivity contribution < 1.29 is 14.6 Å². The molecule has 154 valence electrons. The first-order chi connectivity index (χ1) is 13.9. The number of nitrogens with one attached hydrogen (secondary N) is 1. The normalized spacial score (nSPS) is 10.4. The van der Waals surface area contributed by atoms with Crippen LogP contribution in [0.3, 0.4) is 0 Å². The highest BCUT2D eigenvalue weighted by atomic mass is 16.5. The van der Waals surface area contributed by atoms with Crippen molar-refractivity contribution in [1.29, 1.82) is 5.41 Å². The number of rotatable bonds is 9. The van der Waals surface area contributed by atoms with Gasteiger partial charge in [0.15, 0.2) is 0 Å². The number of nitrogen functional groups attached to an aromatic ring is 1. The van der Waals surface area contributed by atoms with Gasteiger partial charge in [0.1, 0.15) is 17.3 Å². The lowest BCUT2D eigenvalue weighted by Crippen LogP contribution is -2.21. The molecule has 0 heterocycles. The van der Waals surface area contributed by atoms with Gasteiger partial charge >= 0.3 is 5.97 Å². The highest BCUT2D eigenvalue weighted by Crippen LogP contribution is 2.40. The molecule has 0 aliphatic rings. The molecule has 0 aliphatic carbocycles. The Kier molecular flexibility index (Phi) is 7.42. The van der Waals surface area contributed by atoms with Gasteiger partial charge in [0.05, 0.1) is 0 Å². The van der Waals surface area contributed by atoms with Gasteiger partial charge in [0.2, 0.25) is 0 Å². The molecule has 2 rings (SSSR count). The van der Waals surface area contributed by atoms with Gasteiger partial charge in [0, 0.05) is 53.2 Å². The molecule has 0 unspecified atom stereocenters. The highest BCUT2D eigenvalue weighted by molar-refractivity contribution is 6.03. The zero-order chi connectivity index (χ0) is 21.6. The van der Waals surface area contributed by atoms with E-state index >= 15 is 0 Å². The van der Waals surface area contributed by atoms with Gasteiger partial charge in [-0.1, -0.05) is 19.9 Å². The number of nitrogens with two attached hydrogens (primary N) is 1. The molecule has 0 spiro atoms. The zero-order valence-corrected chi connectivity index (χ0v) is 17.3. The predicted molar refractivity (Wildman–Crippen MR) is 118 cm³/mol. The molecule has 6 heteroatoms. The first-order valence-electron chi connectivity index (χ1n) is 9.80. The van der Waals surface area contributed by atoms with Crippen molar-refractivity contribution in [3.63, 3.8) is 0 Å². The van der Waals surface area contributed by atoms with E-state index in [1.165, 1.54) is 0 Å². The van der Waals surface area contributed by atoms with Crippen LogP contribution in [0.15, 0.2) is 43.0 Å². The second-order valence-corrected chi connectivity index (χ2v) is 6.63. The zero-order valence-electron chi connectivity index (χ0n) is 17.3. The van der Waals surface area contributed by atoms with Crippen LogP contribution in [0, 0.1) is 5.41 Å². The molecule has 0 saturated carbocycles. The lowest BCUT2D eigenvalue weighted by atomic mass is 9.90. The van der Waals surface area contributed by atoms with Crippen LogP contribution < -0.4 is 15.4 Å². The molecule has 2 aromatic rings. The largest absolute Gasteiger partial charge is 0.507 e. The fourth-order valence-corrected chi connectivity index (χ4v) is 3.42. The standard InChI is InChI=1S/C23H29N3O3/c1-5-9-17-20(29-21(28)6-2)13-12-18(23(24)25)22(17)16-11-10-15(14-19(16)27)26(7-3)8-4/h6,10-14,27H,2,5,7-9H2,1,3-4H3,(H3,24,25). The number of phenolic OH excluding ortho intramolecular Hbond substituents is 1. The van der Waals surface area contributed by atoms with Crippen LogP contribution in [0.25, 0.3) is 11.1 Å². The number of esters is 1. The third kappa shape index (κ3) is 4.77. The van der Waals surface area contributed by atoms with Crippen molar-refractivity contribution in [2.75, 3.05) is 18.0 Å². The first kappa shape index (κ1) is 22.0. The van der Waals surface area contributed by atoms with Crippen LogP contribution in [0.5, 0.6) is 11.5 Å². The minimum atomic E-state index is -0.565. The Hall–Kier alpha value is -3.28. The third-order valence-corrected chi connectivity index (χ3v) is 4.82. The number of carbonyl (C=O) groups is 1. The van der Waals surface area contributed by atoms with E-state index in [0.29, 0.717) is 28.9 Å². The molecule has 0 aromatic heterocycles. The highest BCUT2D eigenvalue weighted by Gasteiger charge is 2.21. The number of amidine groups is 1. The molecule has 0 atom stereocenters. The summed E-state index contributed by atoms with van der Waals surface area (Å²) in [5.74, 6) is -0.221. The Morgan fingerprint density at radius 3 is 2.45 bits per heavy atom. The number of nitrogens with zero attached hydrogens (tertiary/aromatic N) is 1. The van der Waals surface area contributed by atoms with Gasteiger partial charge in [-0.25, -0.2) is 4.79 Å². The average Bonchev–Trinajstić information content (AvgIpc) is 2.70. The molecule has 29 heavy (non-hydrogen) atoms. The topological polar surface area (TPSA) is 99.6 Å². The maximum absolute atomic E-state index is 11.8. The molecule has 0 saturated heterocycles. The van der Waals surface area contributed by atoms with Crippen LogP contribution >= 0.6 is 0 Å². The fourth-order valence-electron chi connectivity index (χ4n) is 3.42. The minimum Gasteiger partial charge on any atom is -0.507 e. The maximum atomic E-state index is 11.8. The summed E-state index contributed by atoms with van der Waals surface area (Å²) < 4.78 is 5.42. The van der Waals surface area contributed by atoms with Crippen molar-refractivity contribution in [1.82, 2.24) is 0 Å². The van der Waals surface area contributed by atoms with Gasteiger partial charge < -0.3 is 20.5 Å². The number of hydrogen-bond donors (Lipinski definition) is 3. The van der Waals surface area contributed by atoms with Crippen LogP contribution in [0.4, 0.5) is 5.69 Å². The van der Waals surface area contributed by atoms with E-state index in [4.69, 9.17) is 15.9 Å². The molecule has 0 bridgehead atoms. The number of benzene rings is 2. The molecule has 2 aromatic carbocycles. The van der Waals surface area contributed by atoms with Crippen LogP contribution in [-0.4, -0.2) is 30.0 Å². The average molecular weight is 396 g/mol. The van der Waals surface area contributed by atoms with Gasteiger partial charge in [0.25, 0.3) is 0 Å². The number of anilines is 1. The van der Waals surface area contributed by atoms with Crippen LogP contribution in [-0.2, 0) is 11.2 Å². The lowest BCUT2D eigenvalue weighted by Gasteiger charge is -2.23. The second-order valence-electron chi connectivity index (χ2n) is 6.63. The molecular formula is C23H29N3O3. The maximum Gasteiger partial charge on any atom is 0.335 e. The minimum absolute atomic E-state index is 0.0847. The monoisotopic (exact) mass is 395 g/mol. The smallest absolute Gasteiger partial charge is 0.335 e. The summed E-state index contributed by atoms with van der Waals surface area (Å²) in [6, 6.07) is 8.74. The number of aromatic hydroxyl groups is 1. The van der Waals surface area contributed by atoms with E-state index in [1.807, 2.05) is 19.1 Å². The van der Waals surface area contributed by atoms with E-state index in [9.17, 15) is 9.90 Å². The van der Waals surface area contributed by atoms with Crippen molar-refractivity contribution in [2.24, 2.45) is 5.73 Å². The Bertz CT molecular complexity index is 918. The molecule has 4 N–H and O–H groups in total. The van der Waals surface area contributed by atoms with Crippen LogP contribution in [0.2, 0.25) is 0 Å². The Balaban J connectivity index is 2.74. The van der Waals surface area contributed by atoms with E-state index in [1.54, 1.807) is 18.2 Å². The molecule has 6 nitrogen and oxygen atoms in total. The van der Waals surface area contributed by atoms with E-state index in [-0.39, 0.29) is 11.6 Å². The molecule has 0 amide bonds. The predicted octanol–water partition coefficient (Wildman–Crippen LogP) is 4.23. The lowest BCUT2D eigenvalue weighted by molar-refractivity contribution is -0.129. The van der Waals surface area contributed by atoms with E-state index in [0.717, 1.165) is 36.8 Å². The second kappa shape index (κ2) is 9.78. The Labute approximate surface area is 172 Å². The summed E-state index contributed by atoms with van der Waals surface area (Å²) in [6.45, 7) is 11.2. The van der Waals surface area contributed by atoms with Gasteiger partial charge in [-0.3, -0.25) is 5.41 Å². The Morgan fingerprint density at radius 2 is 1.93 bits per heavy atom. The van der Waals surface area contributed by atoms with E-state index < -0.39 is 5.97 Å². The first-order valence-corrected chi connectivity index (χ1v) is 9.80. The number of hydrogen-bond acceptors (Lipinski definition) is 5. The fraction of sp³-hybridized carbons (Fsp3) is 0.304. The molecule has 0 radical (unpaired) electrons. The van der Waals surface area contributed by atoms with E-state index in [2.05, 4.69) is 25.3 Å². The van der Waals surface area contributed by atoms with Crippen molar-refractivity contribution >= 4 is 17.5 Å². The number of carbonyl (C=O) groups excluding carboxylic acids is 1. The SMILES string of the molecule is C=CC(=O)Oc1ccc(C(=N)N)c(-c2ccc(N(CC)CC)cc2O)c1CCC. The molecule has 0 fully saturated rings. The van der Waals surface area contributed by atoms with Gasteiger partial charge in [-0.2, -0.15) is 0 Å². The summed E-state index contributed by atoms with van der Waals surface area (Å²) in [5.41, 5.74) is 9.11. The van der Waals surface area contributed by atoms with Crippen molar-refractivity contribution in [3.8, 4) is 22.6 Å². The Morgan fingerprint density at radius 1 is 1.24 bits per heavy atom. The summed E-state index contributed by atoms with van der Waals surface area (Å²) >= 11 is 0. The van der Waals surface area contributed by atoms with Crippen molar-refractivity contribution in [2.45, 2.75) is 33.6 Å². The van der Waals surface area contributed by atoms with Crippen LogP contribution in [0.1, 0.15) is 38.3 Å². The van der Waals surface area contributed by atoms with Gasteiger partial charge in [-0.15, -0.1) is 0 Å². The third-order valence-electron chi connectivity index (χ3n) is 4.82. The van der Waals surface area contributed by atoms with Gasteiger partial charge in [-0.05, 0) is 44.5 Å². The number of ether oxygens (including phenoxy) is 1. The summed E-state index contributed by atoms with van der Waals surface area (Å²) in [7, 11) is 0. The molecular weight excluding hydrogens is 366 g/mol. The summed E-state index contributed by atoms with van der Waals surface area (Å²) in [6.07, 6.45) is 2.48. The molecule has 0 aliphatic heterocycles. The van der Waals surface area contributed by atoms with Crippen molar-refractivity contribution in [3.05, 3.63) is 54.1 Å². The summed E-state index contributed by atoms with van der Waals surface area (Å²) in [4.78, 5) is 13.9. The summed E-state index contributed by atoms with van der Waals surface area (Å²) in [5, 5.41) is 18.8. The quantitative estimate of drug-likeness (QED) is 0.194. The number of phenols is 1.